The van der Waals surface area contributed by atoms with Crippen molar-refractivity contribution in [2.75, 3.05) is 6.54 Å². The van der Waals surface area contributed by atoms with E-state index in [9.17, 15) is 9.59 Å². The molecule has 0 aromatic heterocycles. The summed E-state index contributed by atoms with van der Waals surface area (Å²) in [6.07, 6.45) is 3.71. The minimum absolute atomic E-state index is 0.0380. The zero-order valence-electron chi connectivity index (χ0n) is 13.5. The van der Waals surface area contributed by atoms with Crippen LogP contribution in [0.15, 0.2) is 18.2 Å². The summed E-state index contributed by atoms with van der Waals surface area (Å²) in [6.45, 7) is 4.51. The minimum Gasteiger partial charge on any atom is -0.353 e. The van der Waals surface area contributed by atoms with Gasteiger partial charge in [-0.2, -0.15) is 0 Å². The van der Waals surface area contributed by atoms with Crippen molar-refractivity contribution in [3.63, 3.8) is 0 Å². The van der Waals surface area contributed by atoms with Gasteiger partial charge in [-0.3, -0.25) is 9.59 Å². The highest BCUT2D eigenvalue weighted by atomic mass is 16.2. The van der Waals surface area contributed by atoms with Gasteiger partial charge in [0.25, 0.3) is 0 Å². The monoisotopic (exact) mass is 302 g/mol. The van der Waals surface area contributed by atoms with Crippen molar-refractivity contribution in [1.82, 2.24) is 5.32 Å². The lowest BCUT2D eigenvalue weighted by atomic mass is 9.99. The van der Waals surface area contributed by atoms with E-state index in [1.165, 1.54) is 0 Å². The van der Waals surface area contributed by atoms with Crippen LogP contribution in [0.5, 0.6) is 0 Å². The predicted octanol–water partition coefficient (Wildman–Crippen LogP) is 2.51. The second-order valence-corrected chi connectivity index (χ2v) is 6.34. The number of carbonyl (C=O) groups excluding carboxylic acids is 2. The molecule has 0 bridgehead atoms. The molecule has 2 atom stereocenters. The number of rotatable bonds is 6. The van der Waals surface area contributed by atoms with E-state index >= 15 is 0 Å². The summed E-state index contributed by atoms with van der Waals surface area (Å²) < 4.78 is 0. The number of amides is 1. The third-order valence-electron chi connectivity index (χ3n) is 4.58. The molecule has 4 heteroatoms. The molecule has 0 heterocycles. The number of benzene rings is 1. The Morgan fingerprint density at radius 3 is 2.73 bits per heavy atom. The highest BCUT2D eigenvalue weighted by molar-refractivity contribution is 5.99. The van der Waals surface area contributed by atoms with Gasteiger partial charge in [0.2, 0.25) is 5.91 Å². The lowest BCUT2D eigenvalue weighted by Crippen LogP contribution is -2.39. The van der Waals surface area contributed by atoms with Gasteiger partial charge in [0, 0.05) is 24.4 Å². The third-order valence-corrected chi connectivity index (χ3v) is 4.58. The lowest BCUT2D eigenvalue weighted by molar-refractivity contribution is -0.122. The number of aryl methyl sites for hydroxylation is 2. The van der Waals surface area contributed by atoms with Gasteiger partial charge in [-0.15, -0.1) is 0 Å². The fraction of sp³-hybridized carbons (Fsp3) is 0.556. The minimum atomic E-state index is -0.0380. The Morgan fingerprint density at radius 2 is 2.00 bits per heavy atom. The molecule has 1 amide bonds. The first kappa shape index (κ1) is 16.7. The van der Waals surface area contributed by atoms with Gasteiger partial charge in [0.1, 0.15) is 0 Å². The van der Waals surface area contributed by atoms with Crippen LogP contribution in [-0.4, -0.2) is 24.3 Å². The zero-order chi connectivity index (χ0) is 16.1. The molecule has 0 spiro atoms. The van der Waals surface area contributed by atoms with E-state index in [2.05, 4.69) is 5.32 Å². The fourth-order valence-corrected chi connectivity index (χ4v) is 3.19. The van der Waals surface area contributed by atoms with E-state index in [1.54, 1.807) is 0 Å². The molecule has 0 aliphatic heterocycles. The maximum Gasteiger partial charge on any atom is 0.220 e. The maximum absolute atomic E-state index is 12.3. The molecule has 1 aliphatic rings. The number of nitrogens with two attached hydrogens (primary N) is 1. The van der Waals surface area contributed by atoms with E-state index in [0.717, 1.165) is 36.0 Å². The molecule has 1 aromatic rings. The van der Waals surface area contributed by atoms with Gasteiger partial charge in [-0.25, -0.2) is 0 Å². The number of carbonyl (C=O) groups is 2. The van der Waals surface area contributed by atoms with Crippen molar-refractivity contribution >= 4 is 11.7 Å². The molecule has 0 radical (unpaired) electrons. The topological polar surface area (TPSA) is 72.2 Å². The van der Waals surface area contributed by atoms with Crippen molar-refractivity contribution in [2.24, 2.45) is 11.7 Å². The van der Waals surface area contributed by atoms with E-state index in [0.29, 0.717) is 12.5 Å². The van der Waals surface area contributed by atoms with Crippen LogP contribution in [0.4, 0.5) is 0 Å². The number of Topliss-reactive ketones (excluding diaryl/α,β-unsaturated/α-hetero) is 1. The highest BCUT2D eigenvalue weighted by Gasteiger charge is 2.27. The summed E-state index contributed by atoms with van der Waals surface area (Å²) in [5, 5.41) is 3.04. The Kier molecular flexibility index (Phi) is 5.72. The molecule has 22 heavy (non-hydrogen) atoms. The van der Waals surface area contributed by atoms with Crippen LogP contribution in [0.3, 0.4) is 0 Å². The van der Waals surface area contributed by atoms with Crippen molar-refractivity contribution in [3.05, 3.63) is 34.9 Å². The maximum atomic E-state index is 12.3. The van der Waals surface area contributed by atoms with Crippen LogP contribution in [0.2, 0.25) is 0 Å². The summed E-state index contributed by atoms with van der Waals surface area (Å²) >= 11 is 0. The van der Waals surface area contributed by atoms with Gasteiger partial charge in [0.05, 0.1) is 0 Å². The normalized spacial score (nSPS) is 20.9. The first-order valence-electron chi connectivity index (χ1n) is 8.11. The third kappa shape index (κ3) is 4.17. The second-order valence-electron chi connectivity index (χ2n) is 6.34. The summed E-state index contributed by atoms with van der Waals surface area (Å²) in [5.74, 6) is 0.390. The van der Waals surface area contributed by atoms with Crippen molar-refractivity contribution in [1.29, 1.82) is 0 Å². The van der Waals surface area contributed by atoms with Crippen LogP contribution in [0, 0.1) is 19.8 Å². The number of hydrogen-bond donors (Lipinski definition) is 2. The highest BCUT2D eigenvalue weighted by Crippen LogP contribution is 2.24. The van der Waals surface area contributed by atoms with Crippen molar-refractivity contribution < 1.29 is 9.59 Å². The van der Waals surface area contributed by atoms with Gasteiger partial charge in [-0.1, -0.05) is 24.1 Å². The number of nitrogens with one attached hydrogen (secondary N) is 1. The largest absolute Gasteiger partial charge is 0.353 e. The SMILES string of the molecule is Cc1ccc(C)c(C(=O)CCC(=O)NC2CCCC2CN)c1. The van der Waals surface area contributed by atoms with Crippen LogP contribution in [0.25, 0.3) is 0 Å². The molecule has 0 saturated heterocycles. The van der Waals surface area contributed by atoms with E-state index in [-0.39, 0.29) is 30.6 Å². The summed E-state index contributed by atoms with van der Waals surface area (Å²) in [6, 6.07) is 6.03. The number of hydrogen-bond acceptors (Lipinski definition) is 3. The Balaban J connectivity index is 1.85. The second kappa shape index (κ2) is 7.54. The predicted molar refractivity (Wildman–Crippen MR) is 87.8 cm³/mol. The molecule has 1 fully saturated rings. The van der Waals surface area contributed by atoms with Crippen molar-refractivity contribution in [2.45, 2.75) is 52.0 Å². The van der Waals surface area contributed by atoms with E-state index < -0.39 is 0 Å². The Morgan fingerprint density at radius 1 is 1.23 bits per heavy atom. The first-order valence-corrected chi connectivity index (χ1v) is 8.11. The van der Waals surface area contributed by atoms with Crippen LogP contribution < -0.4 is 11.1 Å². The molecule has 4 nitrogen and oxygen atoms in total. The molecular weight excluding hydrogens is 276 g/mol. The average Bonchev–Trinajstić information content (AvgIpc) is 2.94. The molecule has 1 aromatic carbocycles. The summed E-state index contributed by atoms with van der Waals surface area (Å²) in [5.41, 5.74) is 8.49. The lowest BCUT2D eigenvalue weighted by Gasteiger charge is -2.19. The summed E-state index contributed by atoms with van der Waals surface area (Å²) in [7, 11) is 0. The van der Waals surface area contributed by atoms with Crippen LogP contribution in [-0.2, 0) is 4.79 Å². The van der Waals surface area contributed by atoms with Gasteiger partial charge in [-0.05, 0) is 50.8 Å². The van der Waals surface area contributed by atoms with E-state index in [1.807, 2.05) is 32.0 Å². The molecular formula is C18H26N2O2. The van der Waals surface area contributed by atoms with Crippen LogP contribution >= 0.6 is 0 Å². The first-order chi connectivity index (χ1) is 10.5. The average molecular weight is 302 g/mol. The molecule has 3 N–H and O–H groups in total. The molecule has 1 aliphatic carbocycles. The smallest absolute Gasteiger partial charge is 0.220 e. The zero-order valence-corrected chi connectivity index (χ0v) is 13.5. The number of ketones is 1. The van der Waals surface area contributed by atoms with Gasteiger partial charge >= 0.3 is 0 Å². The van der Waals surface area contributed by atoms with Gasteiger partial charge < -0.3 is 11.1 Å². The fourth-order valence-electron chi connectivity index (χ4n) is 3.19. The standard InChI is InChI=1S/C18H26N2O2/c1-12-6-7-13(2)15(10-12)17(21)8-9-18(22)20-16-5-3-4-14(16)11-19/h6-7,10,14,16H,3-5,8-9,11,19H2,1-2H3,(H,20,22). The van der Waals surface area contributed by atoms with Crippen LogP contribution in [0.1, 0.15) is 53.6 Å². The molecule has 2 rings (SSSR count). The molecule has 1 saturated carbocycles. The quantitative estimate of drug-likeness (QED) is 0.793. The van der Waals surface area contributed by atoms with E-state index in [4.69, 9.17) is 5.73 Å². The molecule has 2 unspecified atom stereocenters. The summed E-state index contributed by atoms with van der Waals surface area (Å²) in [4.78, 5) is 24.3. The Labute approximate surface area is 132 Å². The van der Waals surface area contributed by atoms with Gasteiger partial charge in [0.15, 0.2) is 5.78 Å². The Hall–Kier alpha value is -1.68. The van der Waals surface area contributed by atoms with Crippen molar-refractivity contribution in [3.8, 4) is 0 Å². The molecule has 120 valence electrons. The Bertz CT molecular complexity index is 554.